The van der Waals surface area contributed by atoms with E-state index in [0.29, 0.717) is 18.7 Å². The quantitative estimate of drug-likeness (QED) is 0.215. The molecule has 3 aromatic rings. The molecule has 1 saturated heterocycles. The number of allylic oxidation sites excluding steroid dienone is 1. The van der Waals surface area contributed by atoms with E-state index in [0.717, 1.165) is 22.3 Å². The lowest BCUT2D eigenvalue weighted by atomic mass is 9.79. The van der Waals surface area contributed by atoms with Crippen molar-refractivity contribution in [1.29, 1.82) is 0 Å². The second-order valence-electron chi connectivity index (χ2n) is 11.7. The van der Waals surface area contributed by atoms with Crippen LogP contribution in [0.2, 0.25) is 18.1 Å². The first-order chi connectivity index (χ1) is 17.9. The molecule has 0 spiro atoms. The van der Waals surface area contributed by atoms with Gasteiger partial charge >= 0.3 is 0 Å². The molecule has 0 aliphatic carbocycles. The molecule has 0 bridgehead atoms. The molecule has 0 radical (unpaired) electrons. The van der Waals surface area contributed by atoms with Crippen molar-refractivity contribution in [2.75, 3.05) is 11.5 Å². The van der Waals surface area contributed by atoms with Crippen molar-refractivity contribution in [2.45, 2.75) is 58.3 Å². The number of aryl methyl sites for hydroxylation is 1. The molecular weight excluding hydrogens is 496 g/mol. The molecule has 6 heteroatoms. The smallest absolute Gasteiger partial charge is 0.233 e. The van der Waals surface area contributed by atoms with Gasteiger partial charge in [-0.2, -0.15) is 0 Å². The van der Waals surface area contributed by atoms with Crippen molar-refractivity contribution >= 4 is 25.5 Å². The van der Waals surface area contributed by atoms with Crippen molar-refractivity contribution in [3.05, 3.63) is 107 Å². The van der Waals surface area contributed by atoms with Gasteiger partial charge < -0.3 is 9.33 Å². The molecule has 0 aromatic heterocycles. The summed E-state index contributed by atoms with van der Waals surface area (Å²) < 4.78 is 33.8. The van der Waals surface area contributed by atoms with Gasteiger partial charge in [0, 0.05) is 5.69 Å². The monoisotopic (exact) mass is 533 g/mol. The highest BCUT2D eigenvalue weighted by atomic mass is 28.4. The number of β-lactam (4-membered cyclic amide) rings is 1. The number of hydrogen-bond donors (Lipinski definition) is 0. The van der Waals surface area contributed by atoms with Crippen LogP contribution in [-0.2, 0) is 9.22 Å². The molecule has 0 unspecified atom stereocenters. The van der Waals surface area contributed by atoms with Crippen molar-refractivity contribution in [1.82, 2.24) is 0 Å². The van der Waals surface area contributed by atoms with Crippen LogP contribution in [0.5, 0.6) is 0 Å². The Morgan fingerprint density at radius 1 is 0.921 bits per heavy atom. The number of anilines is 1. The molecule has 1 aliphatic heterocycles. The number of carbonyl (C=O) groups is 1. The summed E-state index contributed by atoms with van der Waals surface area (Å²) in [5.74, 6) is -0.894. The van der Waals surface area contributed by atoms with Gasteiger partial charge in [0.1, 0.15) is 11.6 Å². The second-order valence-corrected chi connectivity index (χ2v) is 16.5. The van der Waals surface area contributed by atoms with Gasteiger partial charge in [0.2, 0.25) is 5.91 Å². The van der Waals surface area contributed by atoms with Crippen LogP contribution in [0.1, 0.15) is 49.9 Å². The molecule has 1 heterocycles. The summed E-state index contributed by atoms with van der Waals surface area (Å²) in [6.07, 6.45) is 2.59. The lowest BCUT2D eigenvalue weighted by Crippen LogP contribution is -2.55. The zero-order chi connectivity index (χ0) is 27.7. The van der Waals surface area contributed by atoms with E-state index in [2.05, 4.69) is 52.1 Å². The van der Waals surface area contributed by atoms with Gasteiger partial charge in [-0.3, -0.25) is 4.79 Å². The molecule has 1 aliphatic rings. The Balaban J connectivity index is 1.64. The molecule has 38 heavy (non-hydrogen) atoms. The molecule has 2 atom stereocenters. The number of halogens is 2. The Kier molecular flexibility index (Phi) is 8.05. The highest BCUT2D eigenvalue weighted by Crippen LogP contribution is 2.46. The van der Waals surface area contributed by atoms with E-state index in [1.54, 1.807) is 29.2 Å². The van der Waals surface area contributed by atoms with E-state index in [-0.39, 0.29) is 34.5 Å². The van der Waals surface area contributed by atoms with Crippen molar-refractivity contribution in [3.63, 3.8) is 0 Å². The Labute approximate surface area is 226 Å². The fourth-order valence-corrected chi connectivity index (χ4v) is 5.43. The van der Waals surface area contributed by atoms with Crippen LogP contribution in [0.3, 0.4) is 0 Å². The van der Waals surface area contributed by atoms with Gasteiger partial charge in [0.15, 0.2) is 8.32 Å². The zero-order valence-corrected chi connectivity index (χ0v) is 24.1. The first-order valence-electron chi connectivity index (χ1n) is 13.1. The molecular formula is C32H37F2NO2Si. The summed E-state index contributed by atoms with van der Waals surface area (Å²) in [6.45, 7) is 13.4. The van der Waals surface area contributed by atoms with Crippen molar-refractivity contribution in [2.24, 2.45) is 5.92 Å². The average molecular weight is 534 g/mol. The summed E-state index contributed by atoms with van der Waals surface area (Å²) >= 11 is 0. The maximum Gasteiger partial charge on any atom is 0.233 e. The molecule has 4 rings (SSSR count). The summed E-state index contributed by atoms with van der Waals surface area (Å²) in [5.41, 5.74) is 4.70. The van der Waals surface area contributed by atoms with E-state index < -0.39 is 8.32 Å². The van der Waals surface area contributed by atoms with E-state index in [1.807, 2.05) is 19.1 Å². The number of nitrogens with zero attached hydrogens (tertiary/aromatic N) is 1. The molecule has 3 nitrogen and oxygen atoms in total. The third kappa shape index (κ3) is 5.97. The third-order valence-corrected chi connectivity index (χ3v) is 12.4. The fraction of sp³-hybridized carbons (Fsp3) is 0.344. The van der Waals surface area contributed by atoms with Gasteiger partial charge in [-0.15, -0.1) is 0 Å². The van der Waals surface area contributed by atoms with E-state index >= 15 is 0 Å². The Morgan fingerprint density at radius 2 is 1.47 bits per heavy atom. The van der Waals surface area contributed by atoms with E-state index in [1.165, 1.54) is 24.3 Å². The SMILES string of the molecule is Cc1ccc([C@@H]2[C@@H](C/C=C(/CO[Si](C)(C)C(C)(C)C)c3ccc(F)cc3)C(=O)N2c2ccc(F)cc2)cc1. The minimum atomic E-state index is -2.03. The zero-order valence-electron chi connectivity index (χ0n) is 23.1. The Bertz CT molecular complexity index is 1290. The molecule has 1 fully saturated rings. The third-order valence-electron chi connectivity index (χ3n) is 7.97. The summed E-state index contributed by atoms with van der Waals surface area (Å²) in [7, 11) is -2.03. The van der Waals surface area contributed by atoms with E-state index in [4.69, 9.17) is 4.43 Å². The average Bonchev–Trinajstić information content (AvgIpc) is 2.86. The van der Waals surface area contributed by atoms with Crippen LogP contribution < -0.4 is 4.90 Å². The Morgan fingerprint density at radius 3 is 2.03 bits per heavy atom. The van der Waals surface area contributed by atoms with Gasteiger partial charge in [-0.1, -0.05) is 68.8 Å². The summed E-state index contributed by atoms with van der Waals surface area (Å²) in [5, 5.41) is 0.0526. The maximum atomic E-state index is 13.7. The molecule has 0 saturated carbocycles. The van der Waals surface area contributed by atoms with Crippen LogP contribution in [0.4, 0.5) is 14.5 Å². The lowest BCUT2D eigenvalue weighted by molar-refractivity contribution is -0.130. The molecule has 3 aromatic carbocycles. The predicted molar refractivity (Wildman–Crippen MR) is 153 cm³/mol. The molecule has 1 amide bonds. The first kappa shape index (κ1) is 27.9. The minimum absolute atomic E-state index is 0.00204. The molecule has 0 N–H and O–H groups in total. The van der Waals surface area contributed by atoms with Crippen LogP contribution in [0.15, 0.2) is 78.9 Å². The van der Waals surface area contributed by atoms with Crippen LogP contribution in [-0.4, -0.2) is 20.8 Å². The number of carbonyl (C=O) groups excluding carboxylic acids is 1. The highest BCUT2D eigenvalue weighted by molar-refractivity contribution is 6.74. The Hall–Kier alpha value is -3.09. The standard InChI is InChI=1S/C32H37F2NO2Si/c1-22-7-9-24(10-8-22)30-29(31(36)35(30)28-18-16-27(34)17-19-28)20-13-25(23-11-14-26(33)15-12-23)21-37-38(5,6)32(2,3)4/h7-19,29-30H,20-21H2,1-6H3/b25-13-/t29-,30-/m1/s1. The minimum Gasteiger partial charge on any atom is -0.413 e. The van der Waals surface area contributed by atoms with Gasteiger partial charge in [0.05, 0.1) is 18.6 Å². The van der Waals surface area contributed by atoms with Crippen LogP contribution in [0.25, 0.3) is 5.57 Å². The van der Waals surface area contributed by atoms with Gasteiger partial charge in [0.25, 0.3) is 0 Å². The normalized spacial score (nSPS) is 18.5. The molecule has 200 valence electrons. The highest BCUT2D eigenvalue weighted by Gasteiger charge is 2.48. The van der Waals surface area contributed by atoms with Gasteiger partial charge in [-0.05, 0) is 84.6 Å². The predicted octanol–water partition coefficient (Wildman–Crippen LogP) is 8.47. The largest absolute Gasteiger partial charge is 0.413 e. The van der Waals surface area contributed by atoms with Gasteiger partial charge in [-0.25, -0.2) is 8.78 Å². The summed E-state index contributed by atoms with van der Waals surface area (Å²) in [6, 6.07) is 20.5. The number of benzene rings is 3. The summed E-state index contributed by atoms with van der Waals surface area (Å²) in [4.78, 5) is 15.2. The second kappa shape index (κ2) is 10.9. The first-order valence-corrected chi connectivity index (χ1v) is 16.0. The number of rotatable bonds is 8. The topological polar surface area (TPSA) is 29.5 Å². The number of amides is 1. The van der Waals surface area contributed by atoms with Crippen molar-refractivity contribution < 1.29 is 18.0 Å². The van der Waals surface area contributed by atoms with E-state index in [9.17, 15) is 13.6 Å². The van der Waals surface area contributed by atoms with Crippen LogP contribution in [0, 0.1) is 24.5 Å². The van der Waals surface area contributed by atoms with Crippen LogP contribution >= 0.6 is 0 Å². The maximum absolute atomic E-state index is 13.7. The fourth-order valence-electron chi connectivity index (χ4n) is 4.48. The number of hydrogen-bond acceptors (Lipinski definition) is 2. The van der Waals surface area contributed by atoms with Crippen molar-refractivity contribution in [3.8, 4) is 0 Å². The lowest BCUT2D eigenvalue weighted by Gasteiger charge is -2.47.